The fourth-order valence-electron chi connectivity index (χ4n) is 6.05. The van der Waals surface area contributed by atoms with E-state index >= 15 is 0 Å². The van der Waals surface area contributed by atoms with Crippen molar-refractivity contribution in [2.45, 2.75) is 59.3 Å². The lowest BCUT2D eigenvalue weighted by Gasteiger charge is -2.54. The Kier molecular flexibility index (Phi) is 2.90. The molecule has 0 aromatic rings. The Bertz CT molecular complexity index is 626. The number of carbonyl (C=O) groups is 2. The average molecular weight is 298 g/mol. The number of rotatable bonds is 0. The summed E-state index contributed by atoms with van der Waals surface area (Å²) in [6, 6.07) is 0. The van der Waals surface area contributed by atoms with Gasteiger partial charge in [-0.3, -0.25) is 9.59 Å². The van der Waals surface area contributed by atoms with E-state index in [4.69, 9.17) is 0 Å². The summed E-state index contributed by atoms with van der Waals surface area (Å²) >= 11 is 0. The molecule has 4 unspecified atom stereocenters. The zero-order valence-corrected chi connectivity index (χ0v) is 13.9. The van der Waals surface area contributed by atoms with Crippen molar-refractivity contribution in [1.29, 1.82) is 0 Å². The van der Waals surface area contributed by atoms with Crippen LogP contribution < -0.4 is 0 Å². The molecule has 4 aliphatic rings. The minimum atomic E-state index is -0.115. The number of fused-ring (bicyclic) bond motifs is 5. The highest BCUT2D eigenvalue weighted by Crippen LogP contribution is 2.63. The molecule has 4 rings (SSSR count). The Balaban J connectivity index is 1.82. The van der Waals surface area contributed by atoms with Crippen LogP contribution in [0.15, 0.2) is 23.3 Å². The third-order valence-electron chi connectivity index (χ3n) is 7.37. The number of carbonyl (C=O) groups excluding carboxylic acids is 2. The fraction of sp³-hybridized carbons (Fsp3) is 0.700. The molecule has 0 N–H and O–H groups in total. The molecule has 0 saturated heterocycles. The minimum Gasteiger partial charge on any atom is -0.299 e. The van der Waals surface area contributed by atoms with Gasteiger partial charge < -0.3 is 0 Å². The highest BCUT2D eigenvalue weighted by atomic mass is 16.1. The summed E-state index contributed by atoms with van der Waals surface area (Å²) in [7, 11) is 0. The molecule has 0 amide bonds. The molecule has 118 valence electrons. The summed E-state index contributed by atoms with van der Waals surface area (Å²) in [5, 5.41) is 0. The summed E-state index contributed by atoms with van der Waals surface area (Å²) in [5.74, 6) is 2.32. The predicted octanol–water partition coefficient (Wildman–Crippen LogP) is 4.25. The first kappa shape index (κ1) is 14.4. The topological polar surface area (TPSA) is 34.1 Å². The average Bonchev–Trinajstić information content (AvgIpc) is 2.77. The van der Waals surface area contributed by atoms with Gasteiger partial charge in [-0.25, -0.2) is 0 Å². The van der Waals surface area contributed by atoms with E-state index in [2.05, 4.69) is 26.8 Å². The number of hydrogen-bond donors (Lipinski definition) is 0. The largest absolute Gasteiger partial charge is 0.299 e. The summed E-state index contributed by atoms with van der Waals surface area (Å²) in [6.07, 6.45) is 9.84. The molecule has 22 heavy (non-hydrogen) atoms. The summed E-state index contributed by atoms with van der Waals surface area (Å²) < 4.78 is 0. The van der Waals surface area contributed by atoms with Crippen molar-refractivity contribution in [3.05, 3.63) is 23.3 Å². The van der Waals surface area contributed by atoms with Crippen molar-refractivity contribution in [2.24, 2.45) is 28.6 Å². The fourth-order valence-corrected chi connectivity index (χ4v) is 6.05. The molecule has 2 fully saturated rings. The molecule has 0 radical (unpaired) electrons. The summed E-state index contributed by atoms with van der Waals surface area (Å²) in [5.41, 5.74) is 2.87. The lowest BCUT2D eigenvalue weighted by Crippen LogP contribution is -2.46. The van der Waals surface area contributed by atoms with Crippen LogP contribution in [0.1, 0.15) is 59.3 Å². The standard InChI is InChI=1S/C20H26O2/c1-12-10-14-15-4-5-18(22)20(15,3)9-7-16(14)19(2)8-6-13(21)11-17(12)19/h7,11-12,14-15H,4-6,8-10H2,1-3H3/t12-,14?,15?,19?,20?/m0/s1. The van der Waals surface area contributed by atoms with E-state index in [1.165, 1.54) is 5.57 Å². The van der Waals surface area contributed by atoms with Crippen molar-refractivity contribution in [3.63, 3.8) is 0 Å². The highest BCUT2D eigenvalue weighted by Gasteiger charge is 2.56. The molecule has 2 saturated carbocycles. The molecule has 2 heteroatoms. The molecule has 5 atom stereocenters. The SMILES string of the molecule is C[C@H]1CC2C(=CCC3(C)C(=O)CCC23)C2(C)CCC(=O)C=C12. The van der Waals surface area contributed by atoms with E-state index < -0.39 is 0 Å². The Hall–Kier alpha value is -1.18. The molecule has 0 aliphatic heterocycles. The van der Waals surface area contributed by atoms with Gasteiger partial charge in [-0.15, -0.1) is 0 Å². The molecule has 2 nitrogen and oxygen atoms in total. The first-order valence-electron chi connectivity index (χ1n) is 8.85. The number of allylic oxidation sites excluding steroid dienone is 4. The van der Waals surface area contributed by atoms with Gasteiger partial charge in [-0.05, 0) is 49.5 Å². The lowest BCUT2D eigenvalue weighted by molar-refractivity contribution is -0.127. The van der Waals surface area contributed by atoms with Crippen LogP contribution in [-0.4, -0.2) is 11.6 Å². The minimum absolute atomic E-state index is 0.0726. The molecule has 0 heterocycles. The quantitative estimate of drug-likeness (QED) is 0.626. The van der Waals surface area contributed by atoms with Gasteiger partial charge in [-0.2, -0.15) is 0 Å². The zero-order chi connectivity index (χ0) is 15.7. The van der Waals surface area contributed by atoms with Gasteiger partial charge in [0.15, 0.2) is 5.78 Å². The number of ketones is 2. The van der Waals surface area contributed by atoms with Gasteiger partial charge in [0.25, 0.3) is 0 Å². The number of Topliss-reactive ketones (excluding diaryl/α,β-unsaturated/α-hetero) is 1. The second kappa shape index (κ2) is 4.43. The molecular weight excluding hydrogens is 272 g/mol. The Morgan fingerprint density at radius 1 is 1.14 bits per heavy atom. The van der Waals surface area contributed by atoms with Crippen LogP contribution in [0, 0.1) is 28.6 Å². The maximum atomic E-state index is 12.4. The summed E-state index contributed by atoms with van der Waals surface area (Å²) in [6.45, 7) is 6.82. The Morgan fingerprint density at radius 3 is 2.68 bits per heavy atom. The van der Waals surface area contributed by atoms with Crippen LogP contribution in [0.25, 0.3) is 0 Å². The monoisotopic (exact) mass is 298 g/mol. The second-order valence-electron chi connectivity index (χ2n) is 8.49. The molecule has 0 aromatic heterocycles. The van der Waals surface area contributed by atoms with Gasteiger partial charge in [-0.1, -0.05) is 38.0 Å². The van der Waals surface area contributed by atoms with Crippen molar-refractivity contribution in [3.8, 4) is 0 Å². The van der Waals surface area contributed by atoms with Crippen LogP contribution in [0.4, 0.5) is 0 Å². The molecule has 4 aliphatic carbocycles. The van der Waals surface area contributed by atoms with Crippen molar-refractivity contribution >= 4 is 11.6 Å². The third kappa shape index (κ3) is 1.67. The van der Waals surface area contributed by atoms with E-state index in [0.717, 1.165) is 32.1 Å². The Labute approximate surface area is 133 Å². The molecule has 0 bridgehead atoms. The maximum Gasteiger partial charge on any atom is 0.155 e. The first-order chi connectivity index (χ1) is 10.4. The first-order valence-corrected chi connectivity index (χ1v) is 8.85. The Morgan fingerprint density at radius 2 is 1.91 bits per heavy atom. The zero-order valence-electron chi connectivity index (χ0n) is 13.9. The van der Waals surface area contributed by atoms with Crippen LogP contribution in [0.5, 0.6) is 0 Å². The van der Waals surface area contributed by atoms with E-state index in [-0.39, 0.29) is 10.8 Å². The van der Waals surface area contributed by atoms with Gasteiger partial charge in [0.05, 0.1) is 0 Å². The van der Waals surface area contributed by atoms with Crippen LogP contribution in [0.3, 0.4) is 0 Å². The van der Waals surface area contributed by atoms with Crippen LogP contribution >= 0.6 is 0 Å². The van der Waals surface area contributed by atoms with E-state index in [0.29, 0.717) is 35.7 Å². The second-order valence-corrected chi connectivity index (χ2v) is 8.49. The van der Waals surface area contributed by atoms with Crippen LogP contribution in [0.2, 0.25) is 0 Å². The van der Waals surface area contributed by atoms with E-state index in [9.17, 15) is 9.59 Å². The maximum absolute atomic E-state index is 12.4. The van der Waals surface area contributed by atoms with Crippen molar-refractivity contribution < 1.29 is 9.59 Å². The van der Waals surface area contributed by atoms with E-state index in [1.807, 2.05) is 6.08 Å². The van der Waals surface area contributed by atoms with Gasteiger partial charge in [0.1, 0.15) is 5.78 Å². The van der Waals surface area contributed by atoms with Crippen molar-refractivity contribution in [1.82, 2.24) is 0 Å². The number of hydrogen-bond acceptors (Lipinski definition) is 2. The molecule has 0 aromatic carbocycles. The van der Waals surface area contributed by atoms with Gasteiger partial charge in [0.2, 0.25) is 0 Å². The molecule has 0 spiro atoms. The van der Waals surface area contributed by atoms with Gasteiger partial charge >= 0.3 is 0 Å². The lowest BCUT2D eigenvalue weighted by atomic mass is 9.50. The van der Waals surface area contributed by atoms with Crippen LogP contribution in [-0.2, 0) is 9.59 Å². The smallest absolute Gasteiger partial charge is 0.155 e. The highest BCUT2D eigenvalue weighted by molar-refractivity contribution is 5.92. The van der Waals surface area contributed by atoms with E-state index in [1.54, 1.807) is 5.57 Å². The predicted molar refractivity (Wildman–Crippen MR) is 86.2 cm³/mol. The van der Waals surface area contributed by atoms with Gasteiger partial charge in [0, 0.05) is 23.7 Å². The van der Waals surface area contributed by atoms with Crippen molar-refractivity contribution in [2.75, 3.05) is 0 Å². The summed E-state index contributed by atoms with van der Waals surface area (Å²) in [4.78, 5) is 24.3. The molecular formula is C20H26O2. The normalized spacial score (nSPS) is 47.3. The third-order valence-corrected chi connectivity index (χ3v) is 7.37.